The van der Waals surface area contributed by atoms with Gasteiger partial charge in [-0.3, -0.25) is 0 Å². The van der Waals surface area contributed by atoms with Crippen LogP contribution < -0.4 is 5.32 Å². The fourth-order valence-corrected chi connectivity index (χ4v) is 2.42. The van der Waals surface area contributed by atoms with E-state index in [2.05, 4.69) is 33.4 Å². The summed E-state index contributed by atoms with van der Waals surface area (Å²) in [5.41, 5.74) is 1.23. The lowest BCUT2D eigenvalue weighted by atomic mass is 10.1. The van der Waals surface area contributed by atoms with Gasteiger partial charge in [-0.15, -0.1) is 0 Å². The van der Waals surface area contributed by atoms with E-state index in [1.807, 2.05) is 19.2 Å². The summed E-state index contributed by atoms with van der Waals surface area (Å²) >= 11 is 3.42. The van der Waals surface area contributed by atoms with Crippen LogP contribution in [0.2, 0.25) is 0 Å². The zero-order chi connectivity index (χ0) is 14.4. The molecular weight excluding hydrogens is 320 g/mol. The number of rotatable bonds is 5. The maximum Gasteiger partial charge on any atom is 0.317 e. The molecule has 1 heterocycles. The van der Waals surface area contributed by atoms with E-state index in [0.29, 0.717) is 19.0 Å². The van der Waals surface area contributed by atoms with E-state index < -0.39 is 0 Å². The van der Waals surface area contributed by atoms with E-state index in [1.54, 1.807) is 4.90 Å². The molecule has 1 fully saturated rings. The van der Waals surface area contributed by atoms with Crippen molar-refractivity contribution in [3.05, 3.63) is 34.3 Å². The number of amides is 2. The van der Waals surface area contributed by atoms with Gasteiger partial charge >= 0.3 is 6.03 Å². The van der Waals surface area contributed by atoms with E-state index in [1.165, 1.54) is 5.56 Å². The minimum atomic E-state index is -0.00554. The van der Waals surface area contributed by atoms with Crippen molar-refractivity contribution in [2.45, 2.75) is 12.8 Å². The van der Waals surface area contributed by atoms with Crippen molar-refractivity contribution >= 4 is 22.0 Å². The number of carbonyl (C=O) groups excluding carboxylic acids is 1. The van der Waals surface area contributed by atoms with Gasteiger partial charge in [0.1, 0.15) is 0 Å². The Morgan fingerprint density at radius 1 is 1.45 bits per heavy atom. The Bertz CT molecular complexity index is 430. The van der Waals surface area contributed by atoms with Gasteiger partial charge in [0, 0.05) is 37.1 Å². The molecule has 1 aromatic rings. The molecule has 0 saturated carbocycles. The highest BCUT2D eigenvalue weighted by atomic mass is 79.9. The molecule has 1 aliphatic rings. The van der Waals surface area contributed by atoms with Crippen molar-refractivity contribution in [2.75, 3.05) is 33.4 Å². The first-order valence-electron chi connectivity index (χ1n) is 6.96. The van der Waals surface area contributed by atoms with Gasteiger partial charge in [-0.2, -0.15) is 0 Å². The highest BCUT2D eigenvalue weighted by Gasteiger charge is 2.17. The third-order valence-corrected chi connectivity index (χ3v) is 4.09. The molecule has 1 aliphatic heterocycles. The molecule has 4 nitrogen and oxygen atoms in total. The second kappa shape index (κ2) is 7.64. The first-order valence-corrected chi connectivity index (χ1v) is 7.75. The largest absolute Gasteiger partial charge is 0.381 e. The topological polar surface area (TPSA) is 41.6 Å². The molecule has 5 heteroatoms. The number of urea groups is 1. The molecule has 1 saturated heterocycles. The number of halogens is 1. The Morgan fingerprint density at radius 2 is 2.20 bits per heavy atom. The fraction of sp³-hybridized carbons (Fsp3) is 0.533. The molecule has 0 aliphatic carbocycles. The van der Waals surface area contributed by atoms with Crippen LogP contribution in [0.25, 0.3) is 0 Å². The lowest BCUT2D eigenvalue weighted by Crippen LogP contribution is -2.40. The minimum absolute atomic E-state index is 0.00554. The molecular formula is C15H21BrN2O2. The van der Waals surface area contributed by atoms with Crippen molar-refractivity contribution in [3.63, 3.8) is 0 Å². The molecule has 0 radical (unpaired) electrons. The summed E-state index contributed by atoms with van der Waals surface area (Å²) in [7, 11) is 1.83. The zero-order valence-corrected chi connectivity index (χ0v) is 13.4. The van der Waals surface area contributed by atoms with Crippen LogP contribution >= 0.6 is 15.9 Å². The molecule has 0 spiro atoms. The zero-order valence-electron chi connectivity index (χ0n) is 11.8. The van der Waals surface area contributed by atoms with Crippen LogP contribution in [0.4, 0.5) is 4.79 Å². The lowest BCUT2D eigenvalue weighted by Gasteiger charge is -2.19. The predicted molar refractivity (Wildman–Crippen MR) is 82.8 cm³/mol. The highest BCUT2D eigenvalue weighted by molar-refractivity contribution is 9.10. The van der Waals surface area contributed by atoms with Crippen LogP contribution in [-0.4, -0.2) is 44.3 Å². The molecule has 2 rings (SSSR count). The van der Waals surface area contributed by atoms with Crippen molar-refractivity contribution in [3.8, 4) is 0 Å². The quantitative estimate of drug-likeness (QED) is 0.895. The molecule has 1 atom stereocenters. The van der Waals surface area contributed by atoms with Crippen LogP contribution in [0.5, 0.6) is 0 Å². The van der Waals surface area contributed by atoms with Gasteiger partial charge in [-0.1, -0.05) is 28.1 Å². The van der Waals surface area contributed by atoms with Crippen molar-refractivity contribution in [2.24, 2.45) is 5.92 Å². The Hall–Kier alpha value is -1.07. The summed E-state index contributed by atoms with van der Waals surface area (Å²) in [5, 5.41) is 2.97. The van der Waals surface area contributed by atoms with Gasteiger partial charge in [0.25, 0.3) is 0 Å². The molecule has 2 amide bonds. The fourth-order valence-electron chi connectivity index (χ4n) is 2.16. The average Bonchev–Trinajstić information content (AvgIpc) is 2.97. The average molecular weight is 341 g/mol. The monoisotopic (exact) mass is 340 g/mol. The third-order valence-electron chi connectivity index (χ3n) is 3.56. The Morgan fingerprint density at radius 3 is 2.85 bits per heavy atom. The van der Waals surface area contributed by atoms with Gasteiger partial charge < -0.3 is 15.0 Å². The van der Waals surface area contributed by atoms with Crippen LogP contribution in [0.15, 0.2) is 28.7 Å². The molecule has 1 aromatic carbocycles. The number of likely N-dealkylation sites (N-methyl/N-ethyl adjacent to an activating group) is 1. The lowest BCUT2D eigenvalue weighted by molar-refractivity contribution is 0.182. The SMILES string of the molecule is CN(CCc1ccc(Br)cc1)C(=O)NC[C@@H]1CCOC1. The van der Waals surface area contributed by atoms with Crippen molar-refractivity contribution < 1.29 is 9.53 Å². The van der Waals surface area contributed by atoms with Crippen molar-refractivity contribution in [1.82, 2.24) is 10.2 Å². The van der Waals surface area contributed by atoms with E-state index in [4.69, 9.17) is 4.74 Å². The summed E-state index contributed by atoms with van der Waals surface area (Å²) in [5.74, 6) is 0.471. The number of nitrogens with one attached hydrogen (secondary N) is 1. The molecule has 110 valence electrons. The van der Waals surface area contributed by atoms with E-state index in [-0.39, 0.29) is 6.03 Å². The third kappa shape index (κ3) is 4.80. The number of ether oxygens (including phenoxy) is 1. The second-order valence-electron chi connectivity index (χ2n) is 5.21. The normalized spacial score (nSPS) is 18.0. The van der Waals surface area contributed by atoms with Crippen LogP contribution in [0.1, 0.15) is 12.0 Å². The molecule has 0 unspecified atom stereocenters. The van der Waals surface area contributed by atoms with Crippen LogP contribution in [-0.2, 0) is 11.2 Å². The predicted octanol–water partition coefficient (Wildman–Crippen LogP) is 2.67. The number of benzene rings is 1. The number of carbonyl (C=O) groups is 1. The molecule has 20 heavy (non-hydrogen) atoms. The summed E-state index contributed by atoms with van der Waals surface area (Å²) in [6, 6.07) is 8.19. The highest BCUT2D eigenvalue weighted by Crippen LogP contribution is 2.12. The summed E-state index contributed by atoms with van der Waals surface area (Å²) in [6.07, 6.45) is 1.91. The first kappa shape index (κ1) is 15.3. The Labute approximate surface area is 128 Å². The summed E-state index contributed by atoms with van der Waals surface area (Å²) in [6.45, 7) is 3.01. The maximum atomic E-state index is 11.9. The minimum Gasteiger partial charge on any atom is -0.381 e. The van der Waals surface area contributed by atoms with Crippen LogP contribution in [0, 0.1) is 5.92 Å². The summed E-state index contributed by atoms with van der Waals surface area (Å²) in [4.78, 5) is 13.7. The number of nitrogens with zero attached hydrogens (tertiary/aromatic N) is 1. The molecule has 1 N–H and O–H groups in total. The molecule has 0 aromatic heterocycles. The van der Waals surface area contributed by atoms with E-state index >= 15 is 0 Å². The van der Waals surface area contributed by atoms with Gasteiger partial charge in [-0.25, -0.2) is 4.79 Å². The Kier molecular flexibility index (Phi) is 5.86. The maximum absolute atomic E-state index is 11.9. The number of hydrogen-bond acceptors (Lipinski definition) is 2. The number of hydrogen-bond donors (Lipinski definition) is 1. The standard InChI is InChI=1S/C15H21BrN2O2/c1-18(8-6-12-2-4-14(16)5-3-12)15(19)17-10-13-7-9-20-11-13/h2-5,13H,6-11H2,1H3,(H,17,19)/t13-/m0/s1. The van der Waals surface area contributed by atoms with E-state index in [0.717, 1.165) is 30.5 Å². The van der Waals surface area contributed by atoms with Crippen LogP contribution in [0.3, 0.4) is 0 Å². The van der Waals surface area contributed by atoms with Crippen molar-refractivity contribution in [1.29, 1.82) is 0 Å². The van der Waals surface area contributed by atoms with Gasteiger partial charge in [0.15, 0.2) is 0 Å². The van der Waals surface area contributed by atoms with E-state index in [9.17, 15) is 4.79 Å². The molecule has 0 bridgehead atoms. The first-order chi connectivity index (χ1) is 9.65. The Balaban J connectivity index is 1.69. The second-order valence-corrected chi connectivity index (χ2v) is 6.13. The summed E-state index contributed by atoms with van der Waals surface area (Å²) < 4.78 is 6.37. The van der Waals surface area contributed by atoms with Gasteiger partial charge in [0.2, 0.25) is 0 Å². The van der Waals surface area contributed by atoms with Gasteiger partial charge in [-0.05, 0) is 30.5 Å². The smallest absolute Gasteiger partial charge is 0.317 e. The van der Waals surface area contributed by atoms with Gasteiger partial charge in [0.05, 0.1) is 6.61 Å².